The standard InChI is InChI=1S/C24H32N6O3/c1-5-22(31)26-20-8-6-7-9-21(20)27-24-25-13-16-14-30(15-29(2)23(16)28-24)17-10-18(32-3)12-19(11-17)33-4/h5,10-13,20-21H,1,6-9,14-15H2,2-4H3,(H,26,31)(H,25,27,28). The molecule has 1 aromatic heterocycles. The summed E-state index contributed by atoms with van der Waals surface area (Å²) in [5.41, 5.74) is 2.05. The van der Waals surface area contributed by atoms with Gasteiger partial charge >= 0.3 is 0 Å². The first-order valence-electron chi connectivity index (χ1n) is 11.2. The third-order valence-electron chi connectivity index (χ3n) is 6.24. The van der Waals surface area contributed by atoms with Gasteiger partial charge in [-0.2, -0.15) is 4.98 Å². The van der Waals surface area contributed by atoms with E-state index in [4.69, 9.17) is 14.5 Å². The fourth-order valence-electron chi connectivity index (χ4n) is 4.52. The maximum atomic E-state index is 11.8. The van der Waals surface area contributed by atoms with E-state index in [1.807, 2.05) is 31.4 Å². The van der Waals surface area contributed by atoms with Crippen LogP contribution in [0, 0.1) is 0 Å². The minimum atomic E-state index is -0.144. The molecule has 0 spiro atoms. The van der Waals surface area contributed by atoms with Gasteiger partial charge in [-0.15, -0.1) is 0 Å². The van der Waals surface area contributed by atoms with Crippen molar-refractivity contribution in [1.82, 2.24) is 15.3 Å². The second-order valence-electron chi connectivity index (χ2n) is 8.51. The quantitative estimate of drug-likeness (QED) is 0.620. The number of hydrogen-bond acceptors (Lipinski definition) is 8. The summed E-state index contributed by atoms with van der Waals surface area (Å²) in [5, 5.41) is 6.50. The Balaban J connectivity index is 1.51. The van der Waals surface area contributed by atoms with Gasteiger partial charge in [0.1, 0.15) is 17.3 Å². The first-order valence-corrected chi connectivity index (χ1v) is 11.2. The SMILES string of the molecule is C=CC(=O)NC1CCCCC1Nc1ncc2c(n1)N(C)CN(c1cc(OC)cc(OC)c1)C2. The number of aromatic nitrogens is 2. The molecule has 9 nitrogen and oxygen atoms in total. The average molecular weight is 453 g/mol. The van der Waals surface area contributed by atoms with Crippen molar-refractivity contribution in [2.75, 3.05) is 43.1 Å². The Morgan fingerprint density at radius 1 is 1.15 bits per heavy atom. The summed E-state index contributed by atoms with van der Waals surface area (Å²) in [6.07, 6.45) is 7.30. The Hall–Kier alpha value is -3.49. The number of rotatable bonds is 7. The zero-order valence-corrected chi connectivity index (χ0v) is 19.5. The van der Waals surface area contributed by atoms with Crippen molar-refractivity contribution in [3.8, 4) is 11.5 Å². The van der Waals surface area contributed by atoms with Gasteiger partial charge in [0.25, 0.3) is 0 Å². The highest BCUT2D eigenvalue weighted by Gasteiger charge is 2.28. The van der Waals surface area contributed by atoms with Gasteiger partial charge in [-0.3, -0.25) is 4.79 Å². The Morgan fingerprint density at radius 2 is 1.85 bits per heavy atom. The molecule has 0 bridgehead atoms. The summed E-state index contributed by atoms with van der Waals surface area (Å²) in [7, 11) is 5.32. The molecular formula is C24H32N6O3. The van der Waals surface area contributed by atoms with Gasteiger partial charge in [0.2, 0.25) is 11.9 Å². The van der Waals surface area contributed by atoms with E-state index in [-0.39, 0.29) is 18.0 Å². The first-order chi connectivity index (χ1) is 16.0. The van der Waals surface area contributed by atoms with Crippen LogP contribution in [0.4, 0.5) is 17.5 Å². The normalized spacial score (nSPS) is 20.0. The Kier molecular flexibility index (Phi) is 6.86. The average Bonchev–Trinajstić information content (AvgIpc) is 2.85. The van der Waals surface area contributed by atoms with Crippen molar-refractivity contribution < 1.29 is 14.3 Å². The summed E-state index contributed by atoms with van der Waals surface area (Å²) in [4.78, 5) is 25.6. The molecule has 0 saturated heterocycles. The molecule has 2 unspecified atom stereocenters. The van der Waals surface area contributed by atoms with Crippen molar-refractivity contribution >= 4 is 23.4 Å². The molecule has 33 heavy (non-hydrogen) atoms. The van der Waals surface area contributed by atoms with Crippen LogP contribution in [-0.4, -0.2) is 55.9 Å². The summed E-state index contributed by atoms with van der Waals surface area (Å²) < 4.78 is 10.9. The molecule has 2 aliphatic rings. The Bertz CT molecular complexity index is 991. The Morgan fingerprint density at radius 3 is 2.52 bits per heavy atom. The van der Waals surface area contributed by atoms with E-state index in [9.17, 15) is 4.79 Å². The summed E-state index contributed by atoms with van der Waals surface area (Å²) in [6, 6.07) is 6.00. The number of carbonyl (C=O) groups excluding carboxylic acids is 1. The predicted molar refractivity (Wildman–Crippen MR) is 129 cm³/mol. The van der Waals surface area contributed by atoms with Crippen LogP contribution in [0.1, 0.15) is 31.2 Å². The third kappa shape index (κ3) is 5.13. The summed E-state index contributed by atoms with van der Waals surface area (Å²) in [5.74, 6) is 2.84. The number of nitrogens with zero attached hydrogens (tertiary/aromatic N) is 4. The molecule has 176 valence electrons. The van der Waals surface area contributed by atoms with Gasteiger partial charge in [0.15, 0.2) is 0 Å². The van der Waals surface area contributed by atoms with Crippen LogP contribution in [0.25, 0.3) is 0 Å². The molecule has 1 aliphatic carbocycles. The molecule has 0 radical (unpaired) electrons. The number of ether oxygens (including phenoxy) is 2. The van der Waals surface area contributed by atoms with Crippen molar-refractivity contribution in [2.24, 2.45) is 0 Å². The van der Waals surface area contributed by atoms with Crippen LogP contribution < -0.4 is 29.9 Å². The third-order valence-corrected chi connectivity index (χ3v) is 6.24. The number of carbonyl (C=O) groups is 1. The number of benzene rings is 1. The van der Waals surface area contributed by atoms with Crippen LogP contribution in [0.5, 0.6) is 11.5 Å². The van der Waals surface area contributed by atoms with Gasteiger partial charge < -0.3 is 29.9 Å². The molecule has 1 fully saturated rings. The predicted octanol–water partition coefficient (Wildman–Crippen LogP) is 2.93. The number of nitrogens with one attached hydrogen (secondary N) is 2. The molecule has 2 aromatic rings. The number of fused-ring (bicyclic) bond motifs is 1. The van der Waals surface area contributed by atoms with E-state index in [0.717, 1.165) is 54.3 Å². The molecule has 4 rings (SSSR count). The van der Waals surface area contributed by atoms with E-state index in [2.05, 4.69) is 32.0 Å². The highest BCUT2D eigenvalue weighted by atomic mass is 16.5. The minimum absolute atomic E-state index is 0.0418. The number of anilines is 3. The van der Waals surface area contributed by atoms with E-state index >= 15 is 0 Å². The molecule has 2 heterocycles. The van der Waals surface area contributed by atoms with Gasteiger partial charge in [-0.25, -0.2) is 4.98 Å². The molecule has 1 aromatic carbocycles. The van der Waals surface area contributed by atoms with Crippen molar-refractivity contribution in [3.05, 3.63) is 42.6 Å². The maximum absolute atomic E-state index is 11.8. The molecule has 1 amide bonds. The fraction of sp³-hybridized carbons (Fsp3) is 0.458. The largest absolute Gasteiger partial charge is 0.497 e. The minimum Gasteiger partial charge on any atom is -0.497 e. The zero-order chi connectivity index (χ0) is 23.4. The van der Waals surface area contributed by atoms with E-state index in [1.165, 1.54) is 6.08 Å². The summed E-state index contributed by atoms with van der Waals surface area (Å²) >= 11 is 0. The number of methoxy groups -OCH3 is 2. The van der Waals surface area contributed by atoms with Gasteiger partial charge in [-0.05, 0) is 18.9 Å². The lowest BCUT2D eigenvalue weighted by molar-refractivity contribution is -0.117. The van der Waals surface area contributed by atoms with Crippen LogP contribution in [0.3, 0.4) is 0 Å². The monoisotopic (exact) mass is 452 g/mol. The van der Waals surface area contributed by atoms with Gasteiger partial charge in [-0.1, -0.05) is 19.4 Å². The van der Waals surface area contributed by atoms with Crippen LogP contribution in [0.15, 0.2) is 37.1 Å². The van der Waals surface area contributed by atoms with E-state index in [0.29, 0.717) is 19.2 Å². The molecule has 9 heteroatoms. The second kappa shape index (κ2) is 9.97. The molecule has 2 N–H and O–H groups in total. The molecular weight excluding hydrogens is 420 g/mol. The van der Waals surface area contributed by atoms with E-state index in [1.54, 1.807) is 14.2 Å². The van der Waals surface area contributed by atoms with Crippen LogP contribution >= 0.6 is 0 Å². The van der Waals surface area contributed by atoms with Crippen molar-refractivity contribution in [1.29, 1.82) is 0 Å². The lowest BCUT2D eigenvalue weighted by Gasteiger charge is -2.37. The van der Waals surface area contributed by atoms with Crippen LogP contribution in [0.2, 0.25) is 0 Å². The zero-order valence-electron chi connectivity index (χ0n) is 19.5. The topological polar surface area (TPSA) is 91.8 Å². The van der Waals surface area contributed by atoms with Gasteiger partial charge in [0, 0.05) is 61.3 Å². The van der Waals surface area contributed by atoms with Gasteiger partial charge in [0.05, 0.1) is 20.9 Å². The van der Waals surface area contributed by atoms with Crippen molar-refractivity contribution in [3.63, 3.8) is 0 Å². The fourth-order valence-corrected chi connectivity index (χ4v) is 4.52. The first kappa shape index (κ1) is 22.7. The number of amides is 1. The van der Waals surface area contributed by atoms with E-state index < -0.39 is 0 Å². The second-order valence-corrected chi connectivity index (χ2v) is 8.51. The molecule has 1 saturated carbocycles. The lowest BCUT2D eigenvalue weighted by atomic mass is 9.90. The smallest absolute Gasteiger partial charge is 0.243 e. The molecule has 1 aliphatic heterocycles. The summed E-state index contributed by atoms with van der Waals surface area (Å²) in [6.45, 7) is 4.90. The highest BCUT2D eigenvalue weighted by molar-refractivity contribution is 5.87. The number of hydrogen-bond donors (Lipinski definition) is 2. The van der Waals surface area contributed by atoms with Crippen molar-refractivity contribution in [2.45, 2.75) is 44.3 Å². The Labute approximate surface area is 194 Å². The molecule has 2 atom stereocenters. The maximum Gasteiger partial charge on any atom is 0.243 e. The van der Waals surface area contributed by atoms with Crippen LogP contribution in [-0.2, 0) is 11.3 Å². The highest BCUT2D eigenvalue weighted by Crippen LogP contribution is 2.33. The lowest BCUT2D eigenvalue weighted by Crippen LogP contribution is -2.48.